The smallest absolute Gasteiger partial charge is 0.278 e. The van der Waals surface area contributed by atoms with Crippen LogP contribution in [0.4, 0.5) is 5.69 Å². The Kier molecular flexibility index (Phi) is 4.81. The monoisotopic (exact) mass is 355 g/mol. The summed E-state index contributed by atoms with van der Waals surface area (Å²) in [7, 11) is 7.10. The first-order valence-corrected chi connectivity index (χ1v) is 8.10. The van der Waals surface area contributed by atoms with Gasteiger partial charge in [-0.1, -0.05) is 18.2 Å². The van der Waals surface area contributed by atoms with E-state index in [1.54, 1.807) is 26.4 Å². The molecular formula is C19H21N3O4. The molecule has 26 heavy (non-hydrogen) atoms. The standard InChI is InChI=1S/C19H21N3O4/c1-20(2)19(14-7-5-10-17(25-3)18(14)26-4)21-12-11-13-15(21)8-6-9-16(13)22(23)24/h5-12,19H,1-4H3. The van der Waals surface area contributed by atoms with Crippen LogP contribution < -0.4 is 9.47 Å². The first-order valence-electron chi connectivity index (χ1n) is 8.10. The molecule has 0 radical (unpaired) electrons. The van der Waals surface area contributed by atoms with Crippen molar-refractivity contribution in [3.8, 4) is 11.5 Å². The van der Waals surface area contributed by atoms with E-state index in [0.717, 1.165) is 11.1 Å². The molecule has 7 heteroatoms. The van der Waals surface area contributed by atoms with E-state index in [9.17, 15) is 10.1 Å². The molecule has 0 amide bonds. The Bertz CT molecular complexity index is 949. The van der Waals surface area contributed by atoms with E-state index in [4.69, 9.17) is 9.47 Å². The average Bonchev–Trinajstić information content (AvgIpc) is 3.05. The van der Waals surface area contributed by atoms with Crippen molar-refractivity contribution < 1.29 is 14.4 Å². The second kappa shape index (κ2) is 7.05. The number of nitro benzene ring substituents is 1. The van der Waals surface area contributed by atoms with Gasteiger partial charge in [0.25, 0.3) is 5.69 Å². The van der Waals surface area contributed by atoms with Crippen molar-refractivity contribution in [3.05, 3.63) is 64.3 Å². The summed E-state index contributed by atoms with van der Waals surface area (Å²) in [5.41, 5.74) is 1.78. The topological polar surface area (TPSA) is 69.8 Å². The third-order valence-corrected chi connectivity index (χ3v) is 4.40. The van der Waals surface area contributed by atoms with Gasteiger partial charge >= 0.3 is 0 Å². The van der Waals surface area contributed by atoms with Gasteiger partial charge in [0.1, 0.15) is 6.17 Å². The minimum Gasteiger partial charge on any atom is -0.493 e. The Morgan fingerprint density at radius 1 is 1.08 bits per heavy atom. The Morgan fingerprint density at radius 3 is 2.42 bits per heavy atom. The molecule has 0 spiro atoms. The number of hydrogen-bond acceptors (Lipinski definition) is 5. The first-order chi connectivity index (χ1) is 12.5. The highest BCUT2D eigenvalue weighted by molar-refractivity contribution is 5.89. The molecule has 7 nitrogen and oxygen atoms in total. The lowest BCUT2D eigenvalue weighted by Gasteiger charge is -2.29. The third kappa shape index (κ3) is 2.86. The number of fused-ring (bicyclic) bond motifs is 1. The summed E-state index contributed by atoms with van der Waals surface area (Å²) in [5.74, 6) is 1.28. The average molecular weight is 355 g/mol. The van der Waals surface area contributed by atoms with Gasteiger partial charge in [-0.3, -0.25) is 15.0 Å². The maximum absolute atomic E-state index is 11.3. The van der Waals surface area contributed by atoms with Crippen LogP contribution in [0.25, 0.3) is 10.9 Å². The molecular weight excluding hydrogens is 334 g/mol. The Hall–Kier alpha value is -3.06. The van der Waals surface area contributed by atoms with Crippen LogP contribution in [0.15, 0.2) is 48.7 Å². The molecule has 0 fully saturated rings. The van der Waals surface area contributed by atoms with Gasteiger partial charge in [0, 0.05) is 17.8 Å². The zero-order valence-electron chi connectivity index (χ0n) is 15.2. The van der Waals surface area contributed by atoms with Crippen LogP contribution in [0.2, 0.25) is 0 Å². The number of ether oxygens (including phenoxy) is 2. The number of non-ortho nitro benzene ring substituents is 1. The second-order valence-corrected chi connectivity index (χ2v) is 6.11. The number of benzene rings is 2. The summed E-state index contributed by atoms with van der Waals surface area (Å²) in [6.07, 6.45) is 1.64. The van der Waals surface area contributed by atoms with Crippen LogP contribution in [0.5, 0.6) is 11.5 Å². The van der Waals surface area contributed by atoms with E-state index in [1.165, 1.54) is 6.07 Å². The van der Waals surface area contributed by atoms with Gasteiger partial charge in [-0.25, -0.2) is 0 Å². The highest BCUT2D eigenvalue weighted by Gasteiger charge is 2.25. The molecule has 2 aromatic carbocycles. The van der Waals surface area contributed by atoms with Gasteiger partial charge in [-0.2, -0.15) is 0 Å². The fourth-order valence-electron chi connectivity index (χ4n) is 3.34. The molecule has 1 unspecified atom stereocenters. The molecule has 1 heterocycles. The third-order valence-electron chi connectivity index (χ3n) is 4.40. The number of nitro groups is 1. The lowest BCUT2D eigenvalue weighted by molar-refractivity contribution is -0.383. The molecule has 3 rings (SSSR count). The van der Waals surface area contributed by atoms with Crippen LogP contribution in [0.1, 0.15) is 11.7 Å². The van der Waals surface area contributed by atoms with Gasteiger partial charge in [-0.15, -0.1) is 0 Å². The maximum atomic E-state index is 11.3. The SMILES string of the molecule is COc1cccc(C(N(C)C)n2ccc3c([N+](=O)[O-])cccc32)c1OC. The quantitative estimate of drug-likeness (QED) is 0.498. The number of hydrogen-bond donors (Lipinski definition) is 0. The number of aromatic nitrogens is 1. The number of para-hydroxylation sites is 1. The van der Waals surface area contributed by atoms with Crippen molar-refractivity contribution >= 4 is 16.6 Å². The minimum absolute atomic E-state index is 0.0939. The molecule has 0 aliphatic rings. The van der Waals surface area contributed by atoms with Crippen molar-refractivity contribution in [3.63, 3.8) is 0 Å². The highest BCUT2D eigenvalue weighted by Crippen LogP contribution is 2.39. The van der Waals surface area contributed by atoms with Gasteiger partial charge in [0.05, 0.1) is 30.0 Å². The van der Waals surface area contributed by atoms with Gasteiger partial charge in [0.15, 0.2) is 11.5 Å². The van der Waals surface area contributed by atoms with Gasteiger partial charge in [-0.05, 0) is 32.3 Å². The molecule has 136 valence electrons. The first kappa shape index (κ1) is 17.8. The van der Waals surface area contributed by atoms with Crippen molar-refractivity contribution in [2.75, 3.05) is 28.3 Å². The van der Waals surface area contributed by atoms with Gasteiger partial charge in [0.2, 0.25) is 0 Å². The van der Waals surface area contributed by atoms with Crippen LogP contribution in [0, 0.1) is 10.1 Å². The van der Waals surface area contributed by atoms with Crippen LogP contribution >= 0.6 is 0 Å². The highest BCUT2D eigenvalue weighted by atomic mass is 16.6. The predicted molar refractivity (Wildman–Crippen MR) is 100.0 cm³/mol. The number of methoxy groups -OCH3 is 2. The summed E-state index contributed by atoms with van der Waals surface area (Å²) in [6.45, 7) is 0. The second-order valence-electron chi connectivity index (χ2n) is 6.11. The van der Waals surface area contributed by atoms with E-state index in [2.05, 4.69) is 0 Å². The van der Waals surface area contributed by atoms with Crippen molar-refractivity contribution in [2.45, 2.75) is 6.17 Å². The largest absolute Gasteiger partial charge is 0.493 e. The fourth-order valence-corrected chi connectivity index (χ4v) is 3.34. The normalized spacial score (nSPS) is 12.3. The molecule has 0 saturated carbocycles. The van der Waals surface area contributed by atoms with Crippen LogP contribution in [0.3, 0.4) is 0 Å². The number of rotatable bonds is 6. The fraction of sp³-hybridized carbons (Fsp3) is 0.263. The van der Waals surface area contributed by atoms with E-state index >= 15 is 0 Å². The summed E-state index contributed by atoms with van der Waals surface area (Å²) >= 11 is 0. The summed E-state index contributed by atoms with van der Waals surface area (Å²) in [6, 6.07) is 12.6. The molecule has 0 aliphatic carbocycles. The van der Waals surface area contributed by atoms with E-state index in [1.807, 2.05) is 54.0 Å². The minimum atomic E-state index is -0.358. The van der Waals surface area contributed by atoms with Crippen molar-refractivity contribution in [2.24, 2.45) is 0 Å². The van der Waals surface area contributed by atoms with Crippen molar-refractivity contribution in [1.82, 2.24) is 9.47 Å². The lowest BCUT2D eigenvalue weighted by Crippen LogP contribution is -2.26. The van der Waals surface area contributed by atoms with E-state index in [0.29, 0.717) is 16.9 Å². The number of nitrogens with zero attached hydrogens (tertiary/aromatic N) is 3. The Balaban J connectivity index is 2.24. The maximum Gasteiger partial charge on any atom is 0.278 e. The zero-order valence-corrected chi connectivity index (χ0v) is 15.2. The molecule has 0 saturated heterocycles. The molecule has 0 N–H and O–H groups in total. The molecule has 1 aromatic heterocycles. The molecule has 1 atom stereocenters. The molecule has 3 aromatic rings. The lowest BCUT2D eigenvalue weighted by atomic mass is 10.1. The van der Waals surface area contributed by atoms with E-state index in [-0.39, 0.29) is 16.8 Å². The molecule has 0 bridgehead atoms. The Morgan fingerprint density at radius 2 is 1.81 bits per heavy atom. The summed E-state index contributed by atoms with van der Waals surface area (Å²) in [4.78, 5) is 13.0. The van der Waals surface area contributed by atoms with E-state index < -0.39 is 0 Å². The van der Waals surface area contributed by atoms with Crippen LogP contribution in [-0.4, -0.2) is 42.7 Å². The summed E-state index contributed by atoms with van der Waals surface area (Å²) < 4.78 is 13.0. The zero-order chi connectivity index (χ0) is 18.8. The predicted octanol–water partition coefficient (Wildman–Crippen LogP) is 3.68. The van der Waals surface area contributed by atoms with Crippen LogP contribution in [-0.2, 0) is 0 Å². The van der Waals surface area contributed by atoms with Crippen molar-refractivity contribution in [1.29, 1.82) is 0 Å². The summed E-state index contributed by atoms with van der Waals surface area (Å²) in [5, 5.41) is 11.9. The Labute approximate surface area is 151 Å². The molecule has 0 aliphatic heterocycles. The van der Waals surface area contributed by atoms with Gasteiger partial charge < -0.3 is 14.0 Å².